The molecule has 0 aliphatic carbocycles. The van der Waals surface area contributed by atoms with Crippen LogP contribution in [0, 0.1) is 0 Å². The molecule has 98 valence electrons. The van der Waals surface area contributed by atoms with Crippen LogP contribution in [0.15, 0.2) is 42.8 Å². The van der Waals surface area contributed by atoms with Crippen LogP contribution in [0.3, 0.4) is 0 Å². The highest BCUT2D eigenvalue weighted by Gasteiger charge is 2.05. The third kappa shape index (κ3) is 3.84. The minimum absolute atomic E-state index is 0.755. The fourth-order valence-corrected chi connectivity index (χ4v) is 1.73. The van der Waals surface area contributed by atoms with E-state index < -0.39 is 0 Å². The highest BCUT2D eigenvalue weighted by Crippen LogP contribution is 2.28. The second kappa shape index (κ2) is 7.43. The Bertz CT molecular complexity index is 413. The highest BCUT2D eigenvalue weighted by atomic mass is 16.5. The fraction of sp³-hybridized carbons (Fsp3) is 0.333. The molecule has 1 aromatic carbocycles. The molecule has 0 fully saturated rings. The first kappa shape index (κ1) is 14.2. The first-order valence-electron chi connectivity index (χ1n) is 5.97. The van der Waals surface area contributed by atoms with Crippen LogP contribution >= 0.6 is 0 Å². The smallest absolute Gasteiger partial charge is 0.161 e. The Hall–Kier alpha value is -1.90. The molecule has 18 heavy (non-hydrogen) atoms. The Labute approximate surface area is 109 Å². The van der Waals surface area contributed by atoms with Crippen LogP contribution in [0.5, 0.6) is 11.5 Å². The summed E-state index contributed by atoms with van der Waals surface area (Å²) in [7, 11) is 3.29. The van der Waals surface area contributed by atoms with Crippen LogP contribution in [0.25, 0.3) is 0 Å². The summed E-state index contributed by atoms with van der Waals surface area (Å²) in [6, 6.07) is 5.97. The maximum atomic E-state index is 5.30. The summed E-state index contributed by atoms with van der Waals surface area (Å²) in [6.45, 7) is 4.81. The molecule has 0 bridgehead atoms. The van der Waals surface area contributed by atoms with E-state index in [0.29, 0.717) is 0 Å². The topological polar surface area (TPSA) is 21.7 Å². The van der Waals surface area contributed by atoms with Crippen molar-refractivity contribution < 1.29 is 9.47 Å². The zero-order valence-corrected chi connectivity index (χ0v) is 11.5. The standard InChI is InChI=1S/C15H21NO2/c1-5-9-16(10-6-2)12-13-7-8-14(17-3)15(11-13)18-4/h5-11H,12H2,1-4H3/b9-5+,10-6+. The molecule has 0 aliphatic heterocycles. The van der Waals surface area contributed by atoms with Gasteiger partial charge in [-0.2, -0.15) is 0 Å². The van der Waals surface area contributed by atoms with Crippen molar-refractivity contribution in [2.24, 2.45) is 0 Å². The van der Waals surface area contributed by atoms with Crippen LogP contribution in [0.1, 0.15) is 19.4 Å². The lowest BCUT2D eigenvalue weighted by molar-refractivity contribution is 0.354. The monoisotopic (exact) mass is 247 g/mol. The lowest BCUT2D eigenvalue weighted by Gasteiger charge is -2.16. The second-order valence-corrected chi connectivity index (χ2v) is 3.83. The number of hydrogen-bond acceptors (Lipinski definition) is 3. The Kier molecular flexibility index (Phi) is 5.85. The Morgan fingerprint density at radius 3 is 2.11 bits per heavy atom. The molecule has 0 N–H and O–H groups in total. The molecule has 0 amide bonds. The van der Waals surface area contributed by atoms with E-state index in [4.69, 9.17) is 9.47 Å². The minimum Gasteiger partial charge on any atom is -0.493 e. The molecule has 0 atom stereocenters. The van der Waals surface area contributed by atoms with Crippen LogP contribution in [0.4, 0.5) is 0 Å². The van der Waals surface area contributed by atoms with E-state index in [-0.39, 0.29) is 0 Å². The molecule has 0 radical (unpaired) electrons. The number of benzene rings is 1. The van der Waals surface area contributed by atoms with Gasteiger partial charge in [-0.05, 0) is 43.9 Å². The minimum atomic E-state index is 0.755. The van der Waals surface area contributed by atoms with E-state index in [0.717, 1.165) is 18.0 Å². The van der Waals surface area contributed by atoms with E-state index in [1.165, 1.54) is 5.56 Å². The zero-order chi connectivity index (χ0) is 13.4. The van der Waals surface area contributed by atoms with Gasteiger partial charge in [0.25, 0.3) is 0 Å². The summed E-state index contributed by atoms with van der Waals surface area (Å²) in [5.74, 6) is 1.51. The van der Waals surface area contributed by atoms with Crippen molar-refractivity contribution >= 4 is 0 Å². The van der Waals surface area contributed by atoms with E-state index in [9.17, 15) is 0 Å². The Morgan fingerprint density at radius 2 is 1.61 bits per heavy atom. The van der Waals surface area contributed by atoms with Crippen molar-refractivity contribution in [3.05, 3.63) is 48.3 Å². The van der Waals surface area contributed by atoms with Gasteiger partial charge in [-0.1, -0.05) is 18.2 Å². The quantitative estimate of drug-likeness (QED) is 0.767. The maximum Gasteiger partial charge on any atom is 0.161 e. The van der Waals surface area contributed by atoms with Crippen molar-refractivity contribution in [3.63, 3.8) is 0 Å². The highest BCUT2D eigenvalue weighted by molar-refractivity contribution is 5.42. The van der Waals surface area contributed by atoms with Crippen molar-refractivity contribution in [1.29, 1.82) is 0 Å². The summed E-state index contributed by atoms with van der Waals surface area (Å²) < 4.78 is 10.5. The molecular weight excluding hydrogens is 226 g/mol. The molecule has 1 aromatic rings. The second-order valence-electron chi connectivity index (χ2n) is 3.83. The lowest BCUT2D eigenvalue weighted by Crippen LogP contribution is -2.08. The predicted octanol–water partition coefficient (Wildman–Crippen LogP) is 3.57. The number of nitrogens with zero attached hydrogens (tertiary/aromatic N) is 1. The van der Waals surface area contributed by atoms with Gasteiger partial charge in [-0.3, -0.25) is 0 Å². The molecule has 3 heteroatoms. The largest absolute Gasteiger partial charge is 0.493 e. The SMILES string of the molecule is C/C=C/N(/C=C/C)Cc1ccc(OC)c(OC)c1. The van der Waals surface area contributed by atoms with Gasteiger partial charge in [0.15, 0.2) is 11.5 Å². The van der Waals surface area contributed by atoms with E-state index in [2.05, 4.69) is 4.90 Å². The van der Waals surface area contributed by atoms with Crippen LogP contribution in [-0.4, -0.2) is 19.1 Å². The number of hydrogen-bond donors (Lipinski definition) is 0. The number of methoxy groups -OCH3 is 2. The van der Waals surface area contributed by atoms with Gasteiger partial charge < -0.3 is 14.4 Å². The first-order chi connectivity index (χ1) is 8.74. The molecule has 1 rings (SSSR count). The number of ether oxygens (including phenoxy) is 2. The predicted molar refractivity (Wildman–Crippen MR) is 74.7 cm³/mol. The maximum absolute atomic E-state index is 5.30. The van der Waals surface area contributed by atoms with Gasteiger partial charge in [0, 0.05) is 6.54 Å². The first-order valence-corrected chi connectivity index (χ1v) is 5.97. The molecule has 0 saturated heterocycles. The average molecular weight is 247 g/mol. The van der Waals surface area contributed by atoms with Crippen molar-refractivity contribution in [2.75, 3.05) is 14.2 Å². The van der Waals surface area contributed by atoms with Gasteiger partial charge in [-0.15, -0.1) is 0 Å². The van der Waals surface area contributed by atoms with Crippen molar-refractivity contribution in [3.8, 4) is 11.5 Å². The molecule has 0 spiro atoms. The van der Waals surface area contributed by atoms with E-state index >= 15 is 0 Å². The van der Waals surface area contributed by atoms with Gasteiger partial charge in [0.05, 0.1) is 14.2 Å². The third-order valence-corrected chi connectivity index (χ3v) is 2.49. The normalized spacial score (nSPS) is 11.1. The molecular formula is C15H21NO2. The van der Waals surface area contributed by atoms with Gasteiger partial charge in [0.1, 0.15) is 0 Å². The van der Waals surface area contributed by atoms with Crippen LogP contribution in [0.2, 0.25) is 0 Å². The van der Waals surface area contributed by atoms with E-state index in [1.807, 2.05) is 56.6 Å². The molecule has 0 aromatic heterocycles. The van der Waals surface area contributed by atoms with Crippen molar-refractivity contribution in [1.82, 2.24) is 4.90 Å². The Morgan fingerprint density at radius 1 is 1.00 bits per heavy atom. The van der Waals surface area contributed by atoms with E-state index in [1.54, 1.807) is 14.2 Å². The summed E-state index contributed by atoms with van der Waals surface area (Å²) in [4.78, 5) is 2.11. The van der Waals surface area contributed by atoms with Crippen molar-refractivity contribution in [2.45, 2.75) is 20.4 Å². The van der Waals surface area contributed by atoms with Crippen LogP contribution in [-0.2, 0) is 6.54 Å². The lowest BCUT2D eigenvalue weighted by atomic mass is 10.2. The third-order valence-electron chi connectivity index (χ3n) is 2.49. The summed E-state index contributed by atoms with van der Waals surface area (Å²) >= 11 is 0. The zero-order valence-electron chi connectivity index (χ0n) is 11.5. The number of rotatable bonds is 6. The molecule has 0 unspecified atom stereocenters. The Balaban J connectivity index is 2.89. The summed E-state index contributed by atoms with van der Waals surface area (Å²) in [5, 5.41) is 0. The molecule has 0 aliphatic rings. The fourth-order valence-electron chi connectivity index (χ4n) is 1.73. The summed E-state index contributed by atoms with van der Waals surface area (Å²) in [6.07, 6.45) is 8.11. The molecule has 0 saturated carbocycles. The molecule has 0 heterocycles. The number of allylic oxidation sites excluding steroid dienone is 2. The molecule has 3 nitrogen and oxygen atoms in total. The average Bonchev–Trinajstić information content (AvgIpc) is 2.39. The van der Waals surface area contributed by atoms with Gasteiger partial charge in [-0.25, -0.2) is 0 Å². The van der Waals surface area contributed by atoms with Crippen LogP contribution < -0.4 is 9.47 Å². The summed E-state index contributed by atoms with van der Waals surface area (Å²) in [5.41, 5.74) is 1.17. The van der Waals surface area contributed by atoms with Gasteiger partial charge in [0.2, 0.25) is 0 Å². The van der Waals surface area contributed by atoms with Gasteiger partial charge >= 0.3 is 0 Å².